The fourth-order valence-corrected chi connectivity index (χ4v) is 5.42. The van der Waals surface area contributed by atoms with Crippen LogP contribution < -0.4 is 9.44 Å². The lowest BCUT2D eigenvalue weighted by molar-refractivity contribution is 0.599. The summed E-state index contributed by atoms with van der Waals surface area (Å²) < 4.78 is 56.6. The van der Waals surface area contributed by atoms with Gasteiger partial charge in [-0.2, -0.15) is 0 Å². The van der Waals surface area contributed by atoms with Gasteiger partial charge in [0.2, 0.25) is 0 Å². The zero-order valence-corrected chi connectivity index (χ0v) is 17.1. The monoisotopic (exact) mass is 440 g/mol. The predicted molar refractivity (Wildman–Crippen MR) is 114 cm³/mol. The summed E-state index contributed by atoms with van der Waals surface area (Å²) in [6, 6.07) is 18.6. The molecule has 2 aromatic carbocycles. The van der Waals surface area contributed by atoms with Crippen LogP contribution in [0.15, 0.2) is 95.0 Å². The lowest BCUT2D eigenvalue weighted by Crippen LogP contribution is -2.16. The Hall–Kier alpha value is -3.50. The molecule has 0 saturated heterocycles. The van der Waals surface area contributed by atoms with E-state index < -0.39 is 20.0 Å². The Morgan fingerprint density at radius 2 is 0.967 bits per heavy atom. The van der Waals surface area contributed by atoms with Gasteiger partial charge in [-0.3, -0.25) is 9.44 Å². The number of sulfonamides is 2. The maximum atomic E-state index is 12.9. The molecule has 0 spiro atoms. The maximum Gasteiger partial charge on any atom is 0.263 e. The van der Waals surface area contributed by atoms with E-state index in [1.807, 2.05) is 0 Å². The van der Waals surface area contributed by atoms with Crippen molar-refractivity contribution in [2.75, 3.05) is 9.44 Å². The molecule has 8 nitrogen and oxygen atoms in total. The van der Waals surface area contributed by atoms with Gasteiger partial charge in [-0.15, -0.1) is 0 Å². The van der Waals surface area contributed by atoms with Crippen LogP contribution in [-0.2, 0) is 20.0 Å². The van der Waals surface area contributed by atoms with Crippen LogP contribution >= 0.6 is 0 Å². The summed E-state index contributed by atoms with van der Waals surface area (Å²) in [7, 11) is -8.00. The zero-order chi connectivity index (χ0) is 21.2. The van der Waals surface area contributed by atoms with E-state index in [9.17, 15) is 16.8 Å². The third-order valence-corrected chi connectivity index (χ3v) is 7.05. The van der Waals surface area contributed by atoms with Gasteiger partial charge in [0.05, 0.1) is 9.79 Å². The summed E-state index contributed by atoms with van der Waals surface area (Å²) in [5, 5.41) is 0.537. The Labute approximate surface area is 173 Å². The minimum absolute atomic E-state index is 0.0551. The third kappa shape index (κ3) is 3.95. The molecule has 4 aromatic rings. The highest BCUT2D eigenvalue weighted by molar-refractivity contribution is 7.93. The predicted octanol–water partition coefficient (Wildman–Crippen LogP) is 3.23. The van der Waals surface area contributed by atoms with Crippen LogP contribution in [0.3, 0.4) is 0 Å². The van der Waals surface area contributed by atoms with Gasteiger partial charge in [0.25, 0.3) is 20.0 Å². The van der Waals surface area contributed by atoms with Gasteiger partial charge in [-0.25, -0.2) is 26.8 Å². The molecule has 0 atom stereocenters. The van der Waals surface area contributed by atoms with E-state index in [4.69, 9.17) is 0 Å². The second-order valence-corrected chi connectivity index (χ2v) is 9.55. The van der Waals surface area contributed by atoms with E-state index in [0.717, 1.165) is 0 Å². The van der Waals surface area contributed by atoms with Crippen molar-refractivity contribution in [3.05, 3.63) is 85.2 Å². The third-order valence-electron chi connectivity index (χ3n) is 4.23. The molecule has 0 aliphatic heterocycles. The second kappa shape index (κ2) is 7.73. The van der Waals surface area contributed by atoms with Crippen molar-refractivity contribution in [2.24, 2.45) is 0 Å². The minimum Gasteiger partial charge on any atom is -0.263 e. The Bertz CT molecular complexity index is 1300. The van der Waals surface area contributed by atoms with Crippen LogP contribution in [0.25, 0.3) is 10.8 Å². The van der Waals surface area contributed by atoms with Gasteiger partial charge in [-0.1, -0.05) is 36.4 Å². The largest absolute Gasteiger partial charge is 0.263 e. The number of benzene rings is 2. The molecule has 10 heteroatoms. The van der Waals surface area contributed by atoms with Crippen molar-refractivity contribution in [1.82, 2.24) is 9.97 Å². The summed E-state index contributed by atoms with van der Waals surface area (Å²) in [6.07, 6.45) is 2.93. The van der Waals surface area contributed by atoms with E-state index in [0.29, 0.717) is 0 Å². The van der Waals surface area contributed by atoms with Crippen molar-refractivity contribution in [3.63, 3.8) is 0 Å². The smallest absolute Gasteiger partial charge is 0.263 e. The molecule has 0 radical (unpaired) electrons. The number of hydrogen-bond donors (Lipinski definition) is 2. The number of anilines is 2. The number of nitrogens with one attached hydrogen (secondary N) is 2. The summed E-state index contributed by atoms with van der Waals surface area (Å²) >= 11 is 0. The van der Waals surface area contributed by atoms with Gasteiger partial charge in [0.1, 0.15) is 11.6 Å². The highest BCUT2D eigenvalue weighted by Crippen LogP contribution is 2.30. The van der Waals surface area contributed by atoms with Gasteiger partial charge in [0.15, 0.2) is 0 Å². The fraction of sp³-hybridized carbons (Fsp3) is 0. The van der Waals surface area contributed by atoms with E-state index >= 15 is 0 Å². The molecule has 152 valence electrons. The SMILES string of the molecule is O=S(=O)(Nc1ccccn1)c1cccc2c(S(=O)(=O)Nc3ccccn3)cccc12. The van der Waals surface area contributed by atoms with Crippen LogP contribution in [0.5, 0.6) is 0 Å². The van der Waals surface area contributed by atoms with Crippen molar-refractivity contribution < 1.29 is 16.8 Å². The number of hydrogen-bond acceptors (Lipinski definition) is 6. The summed E-state index contributed by atoms with van der Waals surface area (Å²) in [5.74, 6) is 0.324. The van der Waals surface area contributed by atoms with Gasteiger partial charge >= 0.3 is 0 Å². The van der Waals surface area contributed by atoms with E-state index in [1.165, 1.54) is 48.8 Å². The summed E-state index contributed by atoms with van der Waals surface area (Å²) in [5.41, 5.74) is 0. The number of pyridine rings is 2. The van der Waals surface area contributed by atoms with Crippen LogP contribution in [0.1, 0.15) is 0 Å². The molecular formula is C20H16N4O4S2. The maximum absolute atomic E-state index is 12.9. The zero-order valence-electron chi connectivity index (χ0n) is 15.4. The average molecular weight is 441 g/mol. The van der Waals surface area contributed by atoms with Crippen LogP contribution in [-0.4, -0.2) is 26.8 Å². The molecular weight excluding hydrogens is 424 g/mol. The number of rotatable bonds is 6. The first-order valence-corrected chi connectivity index (χ1v) is 11.7. The summed E-state index contributed by atoms with van der Waals surface area (Å²) in [6.45, 7) is 0. The first kappa shape index (κ1) is 19.8. The second-order valence-electron chi connectivity index (χ2n) is 6.25. The lowest BCUT2D eigenvalue weighted by atomic mass is 10.1. The average Bonchev–Trinajstić information content (AvgIpc) is 2.73. The van der Waals surface area contributed by atoms with Gasteiger partial charge in [0, 0.05) is 23.2 Å². The van der Waals surface area contributed by atoms with Gasteiger partial charge < -0.3 is 0 Å². The number of aromatic nitrogens is 2. The minimum atomic E-state index is -4.00. The molecule has 0 aliphatic carbocycles. The Kier molecular flexibility index (Phi) is 5.10. The molecule has 0 amide bonds. The quantitative estimate of drug-likeness (QED) is 0.475. The molecule has 0 unspecified atom stereocenters. The molecule has 2 aromatic heterocycles. The van der Waals surface area contributed by atoms with Gasteiger partial charge in [-0.05, 0) is 36.4 Å². The Balaban J connectivity index is 1.80. The van der Waals surface area contributed by atoms with Crippen LogP contribution in [0.2, 0.25) is 0 Å². The van der Waals surface area contributed by atoms with Crippen LogP contribution in [0.4, 0.5) is 11.6 Å². The Morgan fingerprint density at radius 3 is 1.33 bits per heavy atom. The normalized spacial score (nSPS) is 11.9. The van der Waals surface area contributed by atoms with Crippen LogP contribution in [0, 0.1) is 0 Å². The molecule has 2 heterocycles. The van der Waals surface area contributed by atoms with E-state index in [-0.39, 0.29) is 32.2 Å². The molecule has 0 bridgehead atoms. The van der Waals surface area contributed by atoms with Crippen molar-refractivity contribution >= 4 is 42.5 Å². The molecule has 0 fully saturated rings. The summed E-state index contributed by atoms with van der Waals surface area (Å²) in [4.78, 5) is 7.83. The Morgan fingerprint density at radius 1 is 0.533 bits per heavy atom. The first-order chi connectivity index (χ1) is 14.4. The van der Waals surface area contributed by atoms with Crippen molar-refractivity contribution in [2.45, 2.75) is 9.79 Å². The molecule has 0 saturated carbocycles. The van der Waals surface area contributed by atoms with E-state index in [1.54, 1.807) is 36.4 Å². The molecule has 2 N–H and O–H groups in total. The van der Waals surface area contributed by atoms with E-state index in [2.05, 4.69) is 19.4 Å². The fourth-order valence-electron chi connectivity index (χ4n) is 2.95. The van der Waals surface area contributed by atoms with Crippen molar-refractivity contribution in [3.8, 4) is 0 Å². The standard InChI is InChI=1S/C20H16N4O4S2/c25-29(26,23-19-11-1-3-13-21-19)17-9-5-8-16-15(17)7-6-10-18(16)30(27,28)24-20-12-2-4-14-22-20/h1-14H,(H,21,23)(H,22,24). The highest BCUT2D eigenvalue weighted by Gasteiger charge is 2.23. The molecule has 0 aliphatic rings. The molecule has 30 heavy (non-hydrogen) atoms. The molecule has 4 rings (SSSR count). The number of fused-ring (bicyclic) bond motifs is 1. The van der Waals surface area contributed by atoms with Crippen molar-refractivity contribution in [1.29, 1.82) is 0 Å². The number of nitrogens with zero attached hydrogens (tertiary/aromatic N) is 2. The topological polar surface area (TPSA) is 118 Å². The first-order valence-electron chi connectivity index (χ1n) is 8.76. The lowest BCUT2D eigenvalue weighted by Gasteiger charge is -2.13. The highest BCUT2D eigenvalue weighted by atomic mass is 32.2.